The number of hydrogen-bond acceptors (Lipinski definition) is 5. The minimum absolute atomic E-state index is 0.00840. The van der Waals surface area contributed by atoms with Gasteiger partial charge in [0, 0.05) is 34.8 Å². The molecule has 0 saturated heterocycles. The van der Waals surface area contributed by atoms with Crippen molar-refractivity contribution in [2.75, 3.05) is 0 Å². The fraction of sp³-hybridized carbons (Fsp3) is 0.0800. The average Bonchev–Trinajstić information content (AvgIpc) is 3.25. The number of halogens is 2. The zero-order valence-electron chi connectivity index (χ0n) is 17.7. The van der Waals surface area contributed by atoms with Gasteiger partial charge in [-0.15, -0.1) is 0 Å². The van der Waals surface area contributed by atoms with Gasteiger partial charge in [0.25, 0.3) is 5.91 Å². The number of rotatable bonds is 6. The van der Waals surface area contributed by atoms with Gasteiger partial charge >= 0.3 is 0 Å². The molecule has 0 radical (unpaired) electrons. The number of hydrogen-bond donors (Lipinski definition) is 3. The van der Waals surface area contributed by atoms with E-state index in [1.54, 1.807) is 12.1 Å². The highest BCUT2D eigenvalue weighted by atomic mass is 35.5. The molecule has 0 atom stereocenters. The van der Waals surface area contributed by atoms with E-state index in [-0.39, 0.29) is 23.5 Å². The molecule has 34 heavy (non-hydrogen) atoms. The second-order valence-electron chi connectivity index (χ2n) is 7.46. The predicted molar refractivity (Wildman–Crippen MR) is 131 cm³/mol. The fourth-order valence-corrected chi connectivity index (χ4v) is 3.97. The minimum Gasteiger partial charge on any atom is -0.507 e. The number of aliphatic hydroxyl groups is 1. The topological polar surface area (TPSA) is 111 Å². The molecule has 3 aromatic carbocycles. The first-order valence-corrected chi connectivity index (χ1v) is 10.9. The van der Waals surface area contributed by atoms with E-state index in [1.165, 1.54) is 24.4 Å². The molecule has 4 aromatic rings. The normalized spacial score (nSPS) is 11.1. The lowest BCUT2D eigenvalue weighted by atomic mass is 10.1. The van der Waals surface area contributed by atoms with Crippen LogP contribution in [0.15, 0.2) is 65.9 Å². The van der Waals surface area contributed by atoms with Crippen molar-refractivity contribution in [2.24, 2.45) is 5.10 Å². The molecule has 9 heteroatoms. The van der Waals surface area contributed by atoms with E-state index in [4.69, 9.17) is 28.5 Å². The molecule has 4 rings (SSSR count). The fourth-order valence-electron chi connectivity index (χ4n) is 3.60. The lowest BCUT2D eigenvalue weighted by Gasteiger charge is -2.12. The third-order valence-corrected chi connectivity index (χ3v) is 6.07. The quantitative estimate of drug-likeness (QED) is 0.264. The molecular formula is C25H18Cl2N4O3. The number of aliphatic hydroxyl groups excluding tert-OH is 1. The van der Waals surface area contributed by atoms with Crippen LogP contribution in [-0.2, 0) is 13.2 Å². The third-order valence-electron chi connectivity index (χ3n) is 5.35. The van der Waals surface area contributed by atoms with E-state index in [1.807, 2.05) is 41.1 Å². The van der Waals surface area contributed by atoms with Crippen molar-refractivity contribution in [2.45, 2.75) is 13.2 Å². The van der Waals surface area contributed by atoms with Gasteiger partial charge in [0.2, 0.25) is 0 Å². The first-order chi connectivity index (χ1) is 16.4. The third kappa shape index (κ3) is 4.75. The summed E-state index contributed by atoms with van der Waals surface area (Å²) in [6.07, 6.45) is 3.46. The lowest BCUT2D eigenvalue weighted by molar-refractivity contribution is 0.0955. The highest BCUT2D eigenvalue weighted by molar-refractivity contribution is 6.42. The van der Waals surface area contributed by atoms with Crippen LogP contribution in [0.3, 0.4) is 0 Å². The number of nitrogens with zero attached hydrogens (tertiary/aromatic N) is 3. The van der Waals surface area contributed by atoms with E-state index in [0.29, 0.717) is 22.2 Å². The van der Waals surface area contributed by atoms with E-state index >= 15 is 0 Å². The zero-order valence-corrected chi connectivity index (χ0v) is 19.2. The number of phenolic OH excluding ortho intramolecular Hbond substituents is 1. The molecule has 1 heterocycles. The molecule has 3 N–H and O–H groups in total. The molecule has 0 unspecified atom stereocenters. The Morgan fingerprint density at radius 2 is 1.88 bits per heavy atom. The lowest BCUT2D eigenvalue weighted by Crippen LogP contribution is -2.17. The number of aromatic nitrogens is 1. The number of benzene rings is 3. The summed E-state index contributed by atoms with van der Waals surface area (Å²) >= 11 is 12.2. The Morgan fingerprint density at radius 1 is 1.12 bits per heavy atom. The molecule has 0 saturated carbocycles. The maximum absolute atomic E-state index is 12.3. The smallest absolute Gasteiger partial charge is 0.271 e. The summed E-state index contributed by atoms with van der Waals surface area (Å²) in [6, 6.07) is 16.9. The summed E-state index contributed by atoms with van der Waals surface area (Å²) < 4.78 is 2.02. The van der Waals surface area contributed by atoms with Gasteiger partial charge in [0.1, 0.15) is 11.8 Å². The van der Waals surface area contributed by atoms with Crippen LogP contribution in [0, 0.1) is 11.3 Å². The van der Waals surface area contributed by atoms with Crippen LogP contribution < -0.4 is 5.43 Å². The Morgan fingerprint density at radius 3 is 2.62 bits per heavy atom. The van der Waals surface area contributed by atoms with Gasteiger partial charge in [0.15, 0.2) is 0 Å². The van der Waals surface area contributed by atoms with Gasteiger partial charge < -0.3 is 14.8 Å². The highest BCUT2D eigenvalue weighted by Gasteiger charge is 2.11. The van der Waals surface area contributed by atoms with Crippen LogP contribution in [0.25, 0.3) is 10.9 Å². The van der Waals surface area contributed by atoms with Crippen molar-refractivity contribution in [1.82, 2.24) is 9.99 Å². The molecule has 0 spiro atoms. The SMILES string of the molecule is N#Cc1cc(C(=O)NN=Cc2cccc3c2ccn3Cc2cc(Cl)c(Cl)cc2CO)ccc1O. The number of phenols is 1. The Kier molecular flexibility index (Phi) is 6.85. The van der Waals surface area contributed by atoms with Gasteiger partial charge in [0.05, 0.1) is 28.4 Å². The zero-order chi connectivity index (χ0) is 24.2. The highest BCUT2D eigenvalue weighted by Crippen LogP contribution is 2.28. The van der Waals surface area contributed by atoms with Crippen molar-refractivity contribution in [3.63, 3.8) is 0 Å². The Hall–Kier alpha value is -3.83. The van der Waals surface area contributed by atoms with Crippen molar-refractivity contribution < 1.29 is 15.0 Å². The molecule has 0 aliphatic heterocycles. The van der Waals surface area contributed by atoms with Crippen LogP contribution in [0.5, 0.6) is 5.75 Å². The van der Waals surface area contributed by atoms with Crippen molar-refractivity contribution >= 4 is 46.2 Å². The number of hydrazone groups is 1. The molecule has 0 aliphatic carbocycles. The largest absolute Gasteiger partial charge is 0.507 e. The summed E-state index contributed by atoms with van der Waals surface area (Å²) in [5.41, 5.74) is 5.92. The van der Waals surface area contributed by atoms with E-state index in [0.717, 1.165) is 22.0 Å². The Bertz CT molecular complexity index is 1470. The first-order valence-electron chi connectivity index (χ1n) is 10.1. The number of aromatic hydroxyl groups is 1. The van der Waals surface area contributed by atoms with E-state index < -0.39 is 5.91 Å². The Labute approximate surface area is 205 Å². The van der Waals surface area contributed by atoms with E-state index in [2.05, 4.69) is 10.5 Å². The Balaban J connectivity index is 1.56. The van der Waals surface area contributed by atoms with E-state index in [9.17, 15) is 15.0 Å². The van der Waals surface area contributed by atoms with Gasteiger partial charge in [-0.1, -0.05) is 35.3 Å². The van der Waals surface area contributed by atoms with Gasteiger partial charge in [-0.2, -0.15) is 10.4 Å². The molecule has 1 amide bonds. The first kappa shape index (κ1) is 23.3. The van der Waals surface area contributed by atoms with Crippen LogP contribution in [-0.4, -0.2) is 26.9 Å². The van der Waals surface area contributed by atoms with Gasteiger partial charge in [-0.05, 0) is 53.6 Å². The number of carbonyl (C=O) groups excluding carboxylic acids is 1. The summed E-state index contributed by atoms with van der Waals surface area (Å²) in [4.78, 5) is 12.3. The second-order valence-corrected chi connectivity index (χ2v) is 8.27. The minimum atomic E-state index is -0.506. The maximum Gasteiger partial charge on any atom is 0.271 e. The van der Waals surface area contributed by atoms with Crippen molar-refractivity contribution in [3.05, 3.63) is 98.7 Å². The summed E-state index contributed by atoms with van der Waals surface area (Å²) in [5, 5.41) is 34.1. The molecule has 0 bridgehead atoms. The van der Waals surface area contributed by atoms with Gasteiger partial charge in [-0.3, -0.25) is 4.79 Å². The number of carbonyl (C=O) groups is 1. The summed E-state index contributed by atoms with van der Waals surface area (Å²) in [6.45, 7) is 0.329. The van der Waals surface area contributed by atoms with Crippen molar-refractivity contribution in [1.29, 1.82) is 5.26 Å². The van der Waals surface area contributed by atoms with Gasteiger partial charge in [-0.25, -0.2) is 5.43 Å². The van der Waals surface area contributed by atoms with Crippen molar-refractivity contribution in [3.8, 4) is 11.8 Å². The standard InChI is InChI=1S/C25H18Cl2N4O3/c26-21-9-18(19(14-32)10-22(21)27)13-31-7-6-20-16(2-1-3-23(20)31)12-29-30-25(34)15-4-5-24(33)17(8-15)11-28/h1-10,12,32-33H,13-14H2,(H,30,34). The monoisotopic (exact) mass is 492 g/mol. The molecule has 7 nitrogen and oxygen atoms in total. The maximum atomic E-state index is 12.3. The van der Waals surface area contributed by atoms with Crippen LogP contribution in [0.2, 0.25) is 10.0 Å². The van der Waals surface area contributed by atoms with Crippen LogP contribution in [0.4, 0.5) is 0 Å². The summed E-state index contributed by atoms with van der Waals surface area (Å²) in [7, 11) is 0. The van der Waals surface area contributed by atoms with Crippen LogP contribution >= 0.6 is 23.2 Å². The number of nitriles is 1. The number of fused-ring (bicyclic) bond motifs is 1. The summed E-state index contributed by atoms with van der Waals surface area (Å²) in [5.74, 6) is -0.695. The molecule has 170 valence electrons. The second kappa shape index (κ2) is 9.98. The average molecular weight is 493 g/mol. The molecule has 0 aliphatic rings. The predicted octanol–water partition coefficient (Wildman–Crippen LogP) is 4.83. The molecule has 1 aromatic heterocycles. The molecular weight excluding hydrogens is 475 g/mol. The number of nitrogens with one attached hydrogen (secondary N) is 1. The van der Waals surface area contributed by atoms with Crippen LogP contribution in [0.1, 0.15) is 32.6 Å². The molecule has 0 fully saturated rings. The number of amides is 1.